The van der Waals surface area contributed by atoms with Gasteiger partial charge in [-0.1, -0.05) is 35.5 Å². The maximum atomic E-state index is 12.5. The fourth-order valence-corrected chi connectivity index (χ4v) is 2.36. The molecule has 1 heterocycles. The molecule has 0 aliphatic carbocycles. The van der Waals surface area contributed by atoms with E-state index < -0.39 is 12.1 Å². The molecule has 140 valence electrons. The lowest BCUT2D eigenvalue weighted by Gasteiger charge is -2.06. The van der Waals surface area contributed by atoms with Crippen molar-refractivity contribution in [1.29, 1.82) is 0 Å². The Bertz CT molecular complexity index is 978. The van der Waals surface area contributed by atoms with Crippen molar-refractivity contribution < 1.29 is 17.7 Å². The van der Waals surface area contributed by atoms with Gasteiger partial charge in [-0.3, -0.25) is 0 Å². The largest absolute Gasteiger partial charge is 0.471 e. The highest BCUT2D eigenvalue weighted by molar-refractivity contribution is 5.67. The molecule has 0 spiro atoms. The third kappa shape index (κ3) is 4.13. The molecule has 6 nitrogen and oxygen atoms in total. The first-order valence-corrected chi connectivity index (χ1v) is 7.99. The van der Waals surface area contributed by atoms with Gasteiger partial charge < -0.3 is 10.3 Å². The smallest absolute Gasteiger partial charge is 0.397 e. The summed E-state index contributed by atoms with van der Waals surface area (Å²) in [5.41, 5.74) is 10.4. The van der Waals surface area contributed by atoms with E-state index >= 15 is 0 Å². The molecule has 0 saturated carbocycles. The minimum absolute atomic E-state index is 0.126. The van der Waals surface area contributed by atoms with Gasteiger partial charge in [-0.05, 0) is 36.6 Å². The molecule has 0 aliphatic rings. The number of hydrogen-bond acceptors (Lipinski definition) is 6. The zero-order valence-corrected chi connectivity index (χ0v) is 14.6. The van der Waals surface area contributed by atoms with Crippen LogP contribution in [0.2, 0.25) is 0 Å². The van der Waals surface area contributed by atoms with Crippen molar-refractivity contribution in [2.75, 3.05) is 5.73 Å². The Balaban J connectivity index is 1.72. The SMILES string of the molecule is Cc1ccc(N)c(N=NCc2ccc(-c3noc(C(F)(F)F)n3)cc2)c1C. The Labute approximate surface area is 152 Å². The molecule has 27 heavy (non-hydrogen) atoms. The lowest BCUT2D eigenvalue weighted by molar-refractivity contribution is -0.159. The van der Waals surface area contributed by atoms with Crippen molar-refractivity contribution in [1.82, 2.24) is 10.1 Å². The number of benzene rings is 2. The van der Waals surface area contributed by atoms with Gasteiger partial charge in [-0.2, -0.15) is 28.4 Å². The monoisotopic (exact) mass is 375 g/mol. The first-order chi connectivity index (χ1) is 12.8. The second-order valence-corrected chi connectivity index (χ2v) is 5.96. The van der Waals surface area contributed by atoms with Gasteiger partial charge in [0.25, 0.3) is 0 Å². The molecule has 2 N–H and O–H groups in total. The molecule has 0 amide bonds. The van der Waals surface area contributed by atoms with Crippen LogP contribution in [0.3, 0.4) is 0 Å². The zero-order chi connectivity index (χ0) is 19.6. The van der Waals surface area contributed by atoms with Crippen LogP contribution >= 0.6 is 0 Å². The quantitative estimate of drug-likeness (QED) is 0.499. The van der Waals surface area contributed by atoms with Crippen LogP contribution in [0.25, 0.3) is 11.4 Å². The van der Waals surface area contributed by atoms with E-state index in [-0.39, 0.29) is 5.82 Å². The molecule has 2 aromatic carbocycles. The number of alkyl halides is 3. The summed E-state index contributed by atoms with van der Waals surface area (Å²) in [5, 5.41) is 11.7. The van der Waals surface area contributed by atoms with E-state index in [1.54, 1.807) is 30.3 Å². The summed E-state index contributed by atoms with van der Waals surface area (Å²) in [6.07, 6.45) is -4.67. The maximum absolute atomic E-state index is 12.5. The molecule has 0 fully saturated rings. The highest BCUT2D eigenvalue weighted by Gasteiger charge is 2.38. The first-order valence-electron chi connectivity index (χ1n) is 7.99. The standard InChI is InChI=1S/C18H16F3N5O/c1-10-3-8-14(22)15(11(10)2)25-23-9-12-4-6-13(7-5-12)16-24-17(27-26-16)18(19,20)21/h3-8H,9,22H2,1-2H3. The third-order valence-electron chi connectivity index (χ3n) is 4.04. The van der Waals surface area contributed by atoms with E-state index in [1.807, 2.05) is 19.9 Å². The highest BCUT2D eigenvalue weighted by atomic mass is 19.4. The van der Waals surface area contributed by atoms with Gasteiger partial charge in [0.1, 0.15) is 5.69 Å². The van der Waals surface area contributed by atoms with Crippen LogP contribution in [0.15, 0.2) is 51.1 Å². The minimum atomic E-state index is -4.67. The minimum Gasteiger partial charge on any atom is -0.397 e. The van der Waals surface area contributed by atoms with Gasteiger partial charge in [0.15, 0.2) is 0 Å². The molecule has 0 unspecified atom stereocenters. The molecule has 3 aromatic rings. The van der Waals surface area contributed by atoms with Crippen LogP contribution in [-0.4, -0.2) is 10.1 Å². The number of azo groups is 1. The molecular formula is C18H16F3N5O. The number of aryl methyl sites for hydroxylation is 1. The van der Waals surface area contributed by atoms with Crippen molar-refractivity contribution >= 4 is 11.4 Å². The van der Waals surface area contributed by atoms with Crippen LogP contribution in [-0.2, 0) is 12.7 Å². The second kappa shape index (κ2) is 7.18. The Morgan fingerprint density at radius 3 is 2.41 bits per heavy atom. The Morgan fingerprint density at radius 1 is 1.07 bits per heavy atom. The van der Waals surface area contributed by atoms with Crippen molar-refractivity contribution in [3.63, 3.8) is 0 Å². The van der Waals surface area contributed by atoms with Crippen molar-refractivity contribution in [2.45, 2.75) is 26.6 Å². The van der Waals surface area contributed by atoms with E-state index in [1.165, 1.54) is 0 Å². The third-order valence-corrected chi connectivity index (χ3v) is 4.04. The van der Waals surface area contributed by atoms with Gasteiger partial charge in [0, 0.05) is 5.56 Å². The van der Waals surface area contributed by atoms with Crippen LogP contribution in [0.1, 0.15) is 22.6 Å². The molecule has 0 aliphatic heterocycles. The van der Waals surface area contributed by atoms with Crippen molar-refractivity contribution in [3.8, 4) is 11.4 Å². The summed E-state index contributed by atoms with van der Waals surface area (Å²) in [6, 6.07) is 10.3. The Morgan fingerprint density at radius 2 is 1.78 bits per heavy atom. The fraction of sp³-hybridized carbons (Fsp3) is 0.222. The predicted molar refractivity (Wildman–Crippen MR) is 93.3 cm³/mol. The predicted octanol–water partition coefficient (Wildman–Crippen LogP) is 5.24. The number of halogens is 3. The zero-order valence-electron chi connectivity index (χ0n) is 14.6. The summed E-state index contributed by atoms with van der Waals surface area (Å²) < 4.78 is 41.8. The van der Waals surface area contributed by atoms with Crippen LogP contribution < -0.4 is 5.73 Å². The van der Waals surface area contributed by atoms with E-state index in [0.29, 0.717) is 23.5 Å². The van der Waals surface area contributed by atoms with Gasteiger partial charge in [0.2, 0.25) is 5.82 Å². The Hall–Kier alpha value is -3.23. The van der Waals surface area contributed by atoms with Gasteiger partial charge in [-0.25, -0.2) is 0 Å². The van der Waals surface area contributed by atoms with Crippen LogP contribution in [0.5, 0.6) is 0 Å². The number of nitrogens with two attached hydrogens (primary N) is 1. The molecule has 0 saturated heterocycles. The molecule has 1 aromatic heterocycles. The van der Waals surface area contributed by atoms with E-state index in [9.17, 15) is 13.2 Å². The second-order valence-electron chi connectivity index (χ2n) is 5.96. The number of nitrogens with zero attached hydrogens (tertiary/aromatic N) is 4. The van der Waals surface area contributed by atoms with Gasteiger partial charge in [-0.15, -0.1) is 0 Å². The van der Waals surface area contributed by atoms with E-state index in [2.05, 4.69) is 24.9 Å². The molecule has 9 heteroatoms. The fourth-order valence-electron chi connectivity index (χ4n) is 2.36. The summed E-state index contributed by atoms with van der Waals surface area (Å²) in [5.74, 6) is -1.50. The summed E-state index contributed by atoms with van der Waals surface area (Å²) in [7, 11) is 0. The molecular weight excluding hydrogens is 359 g/mol. The van der Waals surface area contributed by atoms with E-state index in [4.69, 9.17) is 5.73 Å². The number of hydrogen-bond donors (Lipinski definition) is 1. The van der Waals surface area contributed by atoms with Crippen molar-refractivity contribution in [3.05, 3.63) is 59.0 Å². The number of aromatic nitrogens is 2. The normalized spacial score (nSPS) is 12.0. The maximum Gasteiger partial charge on any atom is 0.471 e. The van der Waals surface area contributed by atoms with Crippen LogP contribution in [0.4, 0.5) is 24.5 Å². The Kier molecular flexibility index (Phi) is 4.93. The van der Waals surface area contributed by atoms with Gasteiger partial charge in [0.05, 0.1) is 12.2 Å². The average molecular weight is 375 g/mol. The summed E-state index contributed by atoms with van der Waals surface area (Å²) in [4.78, 5) is 3.35. The lowest BCUT2D eigenvalue weighted by Crippen LogP contribution is -2.04. The first kappa shape index (κ1) is 18.6. The number of rotatable bonds is 4. The molecule has 0 radical (unpaired) electrons. The van der Waals surface area contributed by atoms with Crippen LogP contribution in [0, 0.1) is 13.8 Å². The number of nitrogen functional groups attached to an aromatic ring is 1. The molecule has 3 rings (SSSR count). The van der Waals surface area contributed by atoms with E-state index in [0.717, 1.165) is 16.7 Å². The van der Waals surface area contributed by atoms with Crippen molar-refractivity contribution in [2.24, 2.45) is 10.2 Å². The highest BCUT2D eigenvalue weighted by Crippen LogP contribution is 2.30. The molecule has 0 atom stereocenters. The average Bonchev–Trinajstić information content (AvgIpc) is 3.12. The number of anilines is 1. The lowest BCUT2D eigenvalue weighted by atomic mass is 10.1. The summed E-state index contributed by atoms with van der Waals surface area (Å²) in [6.45, 7) is 4.19. The molecule has 0 bridgehead atoms. The summed E-state index contributed by atoms with van der Waals surface area (Å²) >= 11 is 0. The topological polar surface area (TPSA) is 89.7 Å². The van der Waals surface area contributed by atoms with Gasteiger partial charge >= 0.3 is 12.1 Å².